The molecule has 14 heavy (non-hydrogen) atoms. The van der Waals surface area contributed by atoms with Gasteiger partial charge in [-0.15, -0.1) is 0 Å². The fraction of sp³-hybridized carbons (Fsp3) is 0.727. The van der Waals surface area contributed by atoms with E-state index < -0.39 is 0 Å². The molecule has 0 amide bonds. The number of aryl methyl sites for hydroxylation is 1. The molecule has 1 aromatic rings. The average molecular weight is 193 g/mol. The molecule has 1 aromatic heterocycles. The average Bonchev–Trinajstić information content (AvgIpc) is 2.82. The van der Waals surface area contributed by atoms with Crippen molar-refractivity contribution in [1.82, 2.24) is 9.55 Å². The Labute approximate surface area is 85.3 Å². The molecule has 0 atom stereocenters. The number of hydrogen-bond acceptors (Lipinski definition) is 2. The van der Waals surface area contributed by atoms with Crippen molar-refractivity contribution in [3.8, 4) is 0 Å². The summed E-state index contributed by atoms with van der Waals surface area (Å²) >= 11 is 0. The fourth-order valence-corrected chi connectivity index (χ4v) is 1.95. The molecule has 0 aliphatic heterocycles. The van der Waals surface area contributed by atoms with E-state index in [1.54, 1.807) is 0 Å². The summed E-state index contributed by atoms with van der Waals surface area (Å²) in [5, 5.41) is 0. The van der Waals surface area contributed by atoms with Crippen LogP contribution in [0.2, 0.25) is 0 Å². The van der Waals surface area contributed by atoms with Gasteiger partial charge in [0.05, 0.1) is 5.69 Å². The van der Waals surface area contributed by atoms with E-state index in [1.807, 2.05) is 0 Å². The second-order valence-corrected chi connectivity index (χ2v) is 4.69. The van der Waals surface area contributed by atoms with Gasteiger partial charge in [-0.05, 0) is 32.1 Å². The standard InChI is InChI=1S/C11H19N3/c1-7(2)6-10-11(12)14(8(3)13-10)9-4-5-9/h7,9H,4-6,12H2,1-3H3. The maximum absolute atomic E-state index is 6.09. The maximum Gasteiger partial charge on any atom is 0.127 e. The van der Waals surface area contributed by atoms with Crippen molar-refractivity contribution in [3.05, 3.63) is 11.5 Å². The van der Waals surface area contributed by atoms with Crippen LogP contribution in [-0.2, 0) is 6.42 Å². The zero-order valence-corrected chi connectivity index (χ0v) is 9.25. The molecule has 0 bridgehead atoms. The Kier molecular flexibility index (Phi) is 2.25. The highest BCUT2D eigenvalue weighted by Gasteiger charge is 2.28. The Morgan fingerprint density at radius 3 is 2.64 bits per heavy atom. The van der Waals surface area contributed by atoms with Crippen LogP contribution < -0.4 is 5.73 Å². The Balaban J connectivity index is 2.28. The molecule has 78 valence electrons. The Hall–Kier alpha value is -0.990. The third-order valence-electron chi connectivity index (χ3n) is 2.71. The molecule has 1 heterocycles. The number of aromatic nitrogens is 2. The van der Waals surface area contributed by atoms with Crippen molar-refractivity contribution in [2.45, 2.75) is 46.1 Å². The van der Waals surface area contributed by atoms with E-state index in [1.165, 1.54) is 12.8 Å². The number of rotatable bonds is 3. The molecule has 2 N–H and O–H groups in total. The van der Waals surface area contributed by atoms with Gasteiger partial charge in [0.1, 0.15) is 11.6 Å². The summed E-state index contributed by atoms with van der Waals surface area (Å²) in [5.74, 6) is 2.61. The van der Waals surface area contributed by atoms with E-state index >= 15 is 0 Å². The molecule has 0 radical (unpaired) electrons. The second-order valence-electron chi connectivity index (χ2n) is 4.69. The van der Waals surface area contributed by atoms with Crippen LogP contribution in [0.15, 0.2) is 0 Å². The Bertz CT molecular complexity index is 335. The molecule has 3 nitrogen and oxygen atoms in total. The topological polar surface area (TPSA) is 43.8 Å². The van der Waals surface area contributed by atoms with Gasteiger partial charge in [-0.1, -0.05) is 13.8 Å². The third-order valence-corrected chi connectivity index (χ3v) is 2.71. The largest absolute Gasteiger partial charge is 0.384 e. The van der Waals surface area contributed by atoms with E-state index in [4.69, 9.17) is 5.73 Å². The highest BCUT2D eigenvalue weighted by Crippen LogP contribution is 2.38. The first kappa shape index (κ1) is 9.56. The number of nitrogens with zero attached hydrogens (tertiary/aromatic N) is 2. The molecule has 0 aromatic carbocycles. The van der Waals surface area contributed by atoms with Crippen molar-refractivity contribution in [2.24, 2.45) is 5.92 Å². The van der Waals surface area contributed by atoms with Crippen molar-refractivity contribution in [3.63, 3.8) is 0 Å². The predicted molar refractivity (Wildman–Crippen MR) is 58.2 cm³/mol. The van der Waals surface area contributed by atoms with Gasteiger partial charge in [0, 0.05) is 6.04 Å². The second kappa shape index (κ2) is 3.30. The highest BCUT2D eigenvalue weighted by atomic mass is 15.2. The lowest BCUT2D eigenvalue weighted by Crippen LogP contribution is -2.04. The van der Waals surface area contributed by atoms with Crippen molar-refractivity contribution >= 4 is 5.82 Å². The minimum Gasteiger partial charge on any atom is -0.384 e. The molecule has 3 heteroatoms. The van der Waals surface area contributed by atoms with Crippen molar-refractivity contribution < 1.29 is 0 Å². The predicted octanol–water partition coefficient (Wildman–Crippen LogP) is 2.31. The number of imidazole rings is 1. The van der Waals surface area contributed by atoms with Crippen LogP contribution in [0.4, 0.5) is 5.82 Å². The summed E-state index contributed by atoms with van der Waals surface area (Å²) in [5.41, 5.74) is 7.18. The molecule has 0 spiro atoms. The van der Waals surface area contributed by atoms with E-state index in [0.29, 0.717) is 12.0 Å². The lowest BCUT2D eigenvalue weighted by molar-refractivity contribution is 0.638. The molecular formula is C11H19N3. The number of anilines is 1. The summed E-state index contributed by atoms with van der Waals surface area (Å²) in [6.07, 6.45) is 3.53. The summed E-state index contributed by atoms with van der Waals surface area (Å²) < 4.78 is 2.21. The molecule has 2 rings (SSSR count). The smallest absolute Gasteiger partial charge is 0.127 e. The van der Waals surface area contributed by atoms with Gasteiger partial charge in [-0.3, -0.25) is 0 Å². The van der Waals surface area contributed by atoms with Gasteiger partial charge in [-0.2, -0.15) is 0 Å². The molecule has 1 saturated carbocycles. The van der Waals surface area contributed by atoms with Gasteiger partial charge in [-0.25, -0.2) is 4.98 Å². The van der Waals surface area contributed by atoms with E-state index in [9.17, 15) is 0 Å². The van der Waals surface area contributed by atoms with Crippen LogP contribution in [0, 0.1) is 12.8 Å². The lowest BCUT2D eigenvalue weighted by Gasteiger charge is -2.06. The minimum atomic E-state index is 0.624. The minimum absolute atomic E-state index is 0.624. The first-order valence-electron chi connectivity index (χ1n) is 5.42. The van der Waals surface area contributed by atoms with Crippen molar-refractivity contribution in [1.29, 1.82) is 0 Å². The maximum atomic E-state index is 6.09. The molecular weight excluding hydrogens is 174 g/mol. The molecule has 1 aliphatic carbocycles. The molecule has 1 fully saturated rings. The van der Waals surface area contributed by atoms with Gasteiger partial charge in [0.25, 0.3) is 0 Å². The van der Waals surface area contributed by atoms with E-state index in [-0.39, 0.29) is 0 Å². The summed E-state index contributed by atoms with van der Waals surface area (Å²) in [6.45, 7) is 6.45. The van der Waals surface area contributed by atoms with Gasteiger partial charge >= 0.3 is 0 Å². The molecule has 0 unspecified atom stereocenters. The van der Waals surface area contributed by atoms with Gasteiger partial charge < -0.3 is 10.3 Å². The van der Waals surface area contributed by atoms with Crippen LogP contribution in [-0.4, -0.2) is 9.55 Å². The van der Waals surface area contributed by atoms with E-state index in [0.717, 1.165) is 23.8 Å². The van der Waals surface area contributed by atoms with Crippen LogP contribution in [0.3, 0.4) is 0 Å². The Morgan fingerprint density at radius 2 is 2.14 bits per heavy atom. The summed E-state index contributed by atoms with van der Waals surface area (Å²) in [4.78, 5) is 4.55. The van der Waals surface area contributed by atoms with Crippen LogP contribution in [0.25, 0.3) is 0 Å². The first-order valence-corrected chi connectivity index (χ1v) is 5.42. The SMILES string of the molecule is Cc1nc(CC(C)C)c(N)n1C1CC1. The van der Waals surface area contributed by atoms with Crippen LogP contribution >= 0.6 is 0 Å². The summed E-state index contributed by atoms with van der Waals surface area (Å²) in [6, 6.07) is 0.642. The van der Waals surface area contributed by atoms with Gasteiger partial charge in [0.2, 0.25) is 0 Å². The summed E-state index contributed by atoms with van der Waals surface area (Å²) in [7, 11) is 0. The molecule has 1 aliphatic rings. The van der Waals surface area contributed by atoms with Crippen molar-refractivity contribution in [2.75, 3.05) is 5.73 Å². The van der Waals surface area contributed by atoms with E-state index in [2.05, 4.69) is 30.3 Å². The number of hydrogen-bond donors (Lipinski definition) is 1. The number of nitrogens with two attached hydrogens (primary N) is 1. The normalized spacial score (nSPS) is 16.6. The van der Waals surface area contributed by atoms with Crippen LogP contribution in [0.1, 0.15) is 44.2 Å². The first-order chi connectivity index (χ1) is 6.59. The lowest BCUT2D eigenvalue weighted by atomic mass is 10.1. The monoisotopic (exact) mass is 193 g/mol. The zero-order valence-electron chi connectivity index (χ0n) is 9.25. The fourth-order valence-electron chi connectivity index (χ4n) is 1.95. The highest BCUT2D eigenvalue weighted by molar-refractivity contribution is 5.39. The van der Waals surface area contributed by atoms with Gasteiger partial charge in [0.15, 0.2) is 0 Å². The molecule has 0 saturated heterocycles. The third kappa shape index (κ3) is 1.63. The quantitative estimate of drug-likeness (QED) is 0.800. The zero-order chi connectivity index (χ0) is 10.3. The van der Waals surface area contributed by atoms with Crippen LogP contribution in [0.5, 0.6) is 0 Å². The Morgan fingerprint density at radius 1 is 1.50 bits per heavy atom. The number of nitrogen functional groups attached to an aromatic ring is 1.